The van der Waals surface area contributed by atoms with Crippen molar-refractivity contribution in [1.29, 1.82) is 0 Å². The number of nitrogens with one attached hydrogen (secondary N) is 1. The van der Waals surface area contributed by atoms with Crippen molar-refractivity contribution < 1.29 is 5.11 Å². The van der Waals surface area contributed by atoms with Crippen LogP contribution in [0.3, 0.4) is 0 Å². The molecule has 0 aliphatic rings. The Labute approximate surface area is 116 Å². The third-order valence-corrected chi connectivity index (χ3v) is 3.52. The highest BCUT2D eigenvalue weighted by molar-refractivity contribution is 9.10. The van der Waals surface area contributed by atoms with Crippen LogP contribution in [0, 0.1) is 6.92 Å². The third kappa shape index (κ3) is 3.05. The molecule has 2 rings (SSSR count). The lowest BCUT2D eigenvalue weighted by Gasteiger charge is -2.17. The van der Waals surface area contributed by atoms with E-state index in [9.17, 15) is 5.11 Å². The zero-order valence-electron chi connectivity index (χ0n) is 10.4. The normalized spacial score (nSPS) is 12.2. The summed E-state index contributed by atoms with van der Waals surface area (Å²) in [5, 5.41) is 12.9. The van der Waals surface area contributed by atoms with E-state index in [1.54, 1.807) is 12.1 Å². The summed E-state index contributed by atoms with van der Waals surface area (Å²) in [7, 11) is 0. The predicted octanol–water partition coefficient (Wildman–Crippen LogP) is 4.64. The first-order valence-electron chi connectivity index (χ1n) is 5.88. The molecule has 94 valence electrons. The van der Waals surface area contributed by atoms with Crippen LogP contribution in [0.5, 0.6) is 5.75 Å². The molecule has 0 fully saturated rings. The summed E-state index contributed by atoms with van der Waals surface area (Å²) in [6.45, 7) is 4.13. The van der Waals surface area contributed by atoms with Crippen molar-refractivity contribution in [3.63, 3.8) is 0 Å². The number of aromatic hydroxyl groups is 1. The van der Waals surface area contributed by atoms with E-state index in [4.69, 9.17) is 0 Å². The standard InChI is InChI=1S/C15H16BrNO/c1-10-6-7-15(14(16)8-10)17-11(2)12-4-3-5-13(18)9-12/h3-9,11,17-18H,1-2H3. The Morgan fingerprint density at radius 3 is 2.61 bits per heavy atom. The molecular formula is C15H16BrNO. The van der Waals surface area contributed by atoms with Crippen LogP contribution in [-0.2, 0) is 0 Å². The Bertz CT molecular complexity index is 554. The van der Waals surface area contributed by atoms with E-state index in [2.05, 4.69) is 53.3 Å². The Balaban J connectivity index is 2.18. The van der Waals surface area contributed by atoms with Gasteiger partial charge in [-0.1, -0.05) is 18.2 Å². The first-order chi connectivity index (χ1) is 8.56. The molecule has 0 amide bonds. The summed E-state index contributed by atoms with van der Waals surface area (Å²) < 4.78 is 1.05. The molecule has 0 bridgehead atoms. The first kappa shape index (κ1) is 13.0. The molecule has 3 heteroatoms. The highest BCUT2D eigenvalue weighted by atomic mass is 79.9. The molecule has 0 radical (unpaired) electrons. The number of halogens is 1. The minimum atomic E-state index is 0.135. The Hall–Kier alpha value is -1.48. The minimum absolute atomic E-state index is 0.135. The first-order valence-corrected chi connectivity index (χ1v) is 6.67. The minimum Gasteiger partial charge on any atom is -0.508 e. The van der Waals surface area contributed by atoms with Crippen LogP contribution in [0.15, 0.2) is 46.9 Å². The monoisotopic (exact) mass is 305 g/mol. The highest BCUT2D eigenvalue weighted by Crippen LogP contribution is 2.28. The SMILES string of the molecule is Cc1ccc(NC(C)c2cccc(O)c2)c(Br)c1. The van der Waals surface area contributed by atoms with Gasteiger partial charge in [-0.15, -0.1) is 0 Å². The number of hydrogen-bond acceptors (Lipinski definition) is 2. The molecule has 0 heterocycles. The fraction of sp³-hybridized carbons (Fsp3) is 0.200. The Morgan fingerprint density at radius 1 is 1.17 bits per heavy atom. The van der Waals surface area contributed by atoms with Gasteiger partial charge in [-0.05, 0) is 65.2 Å². The van der Waals surface area contributed by atoms with Gasteiger partial charge in [-0.25, -0.2) is 0 Å². The van der Waals surface area contributed by atoms with Crippen LogP contribution < -0.4 is 5.32 Å². The van der Waals surface area contributed by atoms with Gasteiger partial charge in [-0.2, -0.15) is 0 Å². The maximum Gasteiger partial charge on any atom is 0.115 e. The van der Waals surface area contributed by atoms with Crippen molar-refractivity contribution in [3.05, 3.63) is 58.1 Å². The van der Waals surface area contributed by atoms with Crippen LogP contribution in [-0.4, -0.2) is 5.11 Å². The number of phenolic OH excluding ortho intramolecular Hbond substituents is 1. The molecule has 2 aromatic carbocycles. The van der Waals surface area contributed by atoms with Gasteiger partial charge in [0.2, 0.25) is 0 Å². The molecule has 1 unspecified atom stereocenters. The Kier molecular flexibility index (Phi) is 3.92. The second-order valence-electron chi connectivity index (χ2n) is 4.44. The average Bonchev–Trinajstić information content (AvgIpc) is 2.32. The fourth-order valence-corrected chi connectivity index (χ4v) is 2.46. The number of hydrogen-bond donors (Lipinski definition) is 2. The van der Waals surface area contributed by atoms with Gasteiger partial charge >= 0.3 is 0 Å². The summed E-state index contributed by atoms with van der Waals surface area (Å²) in [5.41, 5.74) is 3.33. The van der Waals surface area contributed by atoms with Crippen molar-refractivity contribution in [2.75, 3.05) is 5.32 Å². The zero-order chi connectivity index (χ0) is 13.1. The number of benzene rings is 2. The topological polar surface area (TPSA) is 32.3 Å². The van der Waals surface area contributed by atoms with Gasteiger partial charge < -0.3 is 10.4 Å². The number of anilines is 1. The quantitative estimate of drug-likeness (QED) is 0.866. The van der Waals surface area contributed by atoms with E-state index in [-0.39, 0.29) is 6.04 Å². The van der Waals surface area contributed by atoms with Crippen molar-refractivity contribution in [1.82, 2.24) is 0 Å². The van der Waals surface area contributed by atoms with Crippen molar-refractivity contribution in [2.24, 2.45) is 0 Å². The van der Waals surface area contributed by atoms with E-state index in [1.807, 2.05) is 12.1 Å². The average molecular weight is 306 g/mol. The smallest absolute Gasteiger partial charge is 0.115 e. The van der Waals surface area contributed by atoms with Gasteiger partial charge in [-0.3, -0.25) is 0 Å². The molecular weight excluding hydrogens is 290 g/mol. The molecule has 0 aliphatic carbocycles. The molecule has 0 saturated carbocycles. The third-order valence-electron chi connectivity index (χ3n) is 2.87. The summed E-state index contributed by atoms with van der Waals surface area (Å²) in [4.78, 5) is 0. The predicted molar refractivity (Wildman–Crippen MR) is 79.0 cm³/mol. The van der Waals surface area contributed by atoms with E-state index < -0.39 is 0 Å². The van der Waals surface area contributed by atoms with E-state index in [0.717, 1.165) is 15.7 Å². The van der Waals surface area contributed by atoms with Crippen LogP contribution in [0.25, 0.3) is 0 Å². The Morgan fingerprint density at radius 2 is 1.94 bits per heavy atom. The molecule has 0 aromatic heterocycles. The van der Waals surface area contributed by atoms with Crippen LogP contribution >= 0.6 is 15.9 Å². The summed E-state index contributed by atoms with van der Waals surface area (Å²) >= 11 is 3.55. The van der Waals surface area contributed by atoms with Crippen molar-refractivity contribution in [3.8, 4) is 5.75 Å². The molecule has 2 N–H and O–H groups in total. The zero-order valence-corrected chi connectivity index (χ0v) is 12.0. The second kappa shape index (κ2) is 5.44. The molecule has 0 saturated heterocycles. The lowest BCUT2D eigenvalue weighted by molar-refractivity contribution is 0.474. The van der Waals surface area contributed by atoms with Gasteiger partial charge in [0, 0.05) is 16.2 Å². The summed E-state index contributed by atoms with van der Waals surface area (Å²) in [6.07, 6.45) is 0. The van der Waals surface area contributed by atoms with E-state index in [0.29, 0.717) is 5.75 Å². The van der Waals surface area contributed by atoms with Gasteiger partial charge in [0.25, 0.3) is 0 Å². The number of phenols is 1. The highest BCUT2D eigenvalue weighted by Gasteiger charge is 2.08. The van der Waals surface area contributed by atoms with Crippen LogP contribution in [0.4, 0.5) is 5.69 Å². The molecule has 0 spiro atoms. The van der Waals surface area contributed by atoms with Crippen molar-refractivity contribution >= 4 is 21.6 Å². The maximum absolute atomic E-state index is 9.48. The fourth-order valence-electron chi connectivity index (χ4n) is 1.85. The molecule has 1 atom stereocenters. The molecule has 2 aromatic rings. The van der Waals surface area contributed by atoms with Crippen LogP contribution in [0.2, 0.25) is 0 Å². The number of rotatable bonds is 3. The largest absolute Gasteiger partial charge is 0.508 e. The lowest BCUT2D eigenvalue weighted by Crippen LogP contribution is -2.06. The molecule has 2 nitrogen and oxygen atoms in total. The lowest BCUT2D eigenvalue weighted by atomic mass is 10.1. The summed E-state index contributed by atoms with van der Waals surface area (Å²) in [5.74, 6) is 0.295. The van der Waals surface area contributed by atoms with Gasteiger partial charge in [0.05, 0.1) is 0 Å². The summed E-state index contributed by atoms with van der Waals surface area (Å²) in [6, 6.07) is 13.7. The van der Waals surface area contributed by atoms with E-state index >= 15 is 0 Å². The maximum atomic E-state index is 9.48. The van der Waals surface area contributed by atoms with Crippen molar-refractivity contribution in [2.45, 2.75) is 19.9 Å². The molecule has 0 aliphatic heterocycles. The second-order valence-corrected chi connectivity index (χ2v) is 5.30. The molecule has 18 heavy (non-hydrogen) atoms. The van der Waals surface area contributed by atoms with Gasteiger partial charge in [0.15, 0.2) is 0 Å². The number of aryl methyl sites for hydroxylation is 1. The van der Waals surface area contributed by atoms with Gasteiger partial charge in [0.1, 0.15) is 5.75 Å². The van der Waals surface area contributed by atoms with Crippen LogP contribution in [0.1, 0.15) is 24.1 Å². The van der Waals surface area contributed by atoms with E-state index in [1.165, 1.54) is 5.56 Å².